The van der Waals surface area contributed by atoms with Crippen LogP contribution >= 0.6 is 0 Å². The van der Waals surface area contributed by atoms with Crippen LogP contribution in [0.3, 0.4) is 0 Å². The fourth-order valence-electron chi connectivity index (χ4n) is 3.63. The number of carboxylic acid groups (broad SMARTS) is 1. The standard InChI is InChI=1S/C24H26N2O6/c1-15(22(27)26-13-21(31-2)23(28)29)11-12-25-24(30)32-14-20-18-9-5-3-7-16(18)17-8-4-6-10-19(17)20/h3-11,20-21H,12-14H2,1-2H3,(H,25,30)(H,26,27)(H,28,29)/b15-11+. The number of carboxylic acids is 1. The van der Waals surface area contributed by atoms with Gasteiger partial charge >= 0.3 is 12.1 Å². The first-order valence-electron chi connectivity index (χ1n) is 10.2. The molecule has 1 unspecified atom stereocenters. The van der Waals surface area contributed by atoms with Gasteiger partial charge in [-0.1, -0.05) is 54.6 Å². The van der Waals surface area contributed by atoms with Crippen molar-refractivity contribution in [3.8, 4) is 11.1 Å². The lowest BCUT2D eigenvalue weighted by Crippen LogP contribution is -2.38. The highest BCUT2D eigenvalue weighted by Gasteiger charge is 2.28. The lowest BCUT2D eigenvalue weighted by Gasteiger charge is -2.14. The summed E-state index contributed by atoms with van der Waals surface area (Å²) < 4.78 is 10.2. The molecule has 8 nitrogen and oxygen atoms in total. The molecule has 2 aromatic carbocycles. The number of alkyl carbamates (subject to hydrolysis) is 1. The maximum atomic E-state index is 12.2. The highest BCUT2D eigenvalue weighted by molar-refractivity contribution is 5.93. The smallest absolute Gasteiger partial charge is 0.407 e. The number of methoxy groups -OCH3 is 1. The predicted octanol–water partition coefficient (Wildman–Crippen LogP) is 2.69. The summed E-state index contributed by atoms with van der Waals surface area (Å²) in [6.07, 6.45) is -0.174. The molecule has 0 aromatic heterocycles. The lowest BCUT2D eigenvalue weighted by atomic mass is 9.98. The van der Waals surface area contributed by atoms with Crippen molar-refractivity contribution in [2.75, 3.05) is 26.8 Å². The van der Waals surface area contributed by atoms with Crippen molar-refractivity contribution in [3.05, 3.63) is 71.3 Å². The third kappa shape index (κ3) is 5.33. The van der Waals surface area contributed by atoms with Gasteiger partial charge < -0.3 is 25.2 Å². The van der Waals surface area contributed by atoms with Gasteiger partial charge in [0.25, 0.3) is 0 Å². The van der Waals surface area contributed by atoms with Crippen molar-refractivity contribution >= 4 is 18.0 Å². The topological polar surface area (TPSA) is 114 Å². The Morgan fingerprint density at radius 2 is 1.62 bits per heavy atom. The van der Waals surface area contributed by atoms with Crippen molar-refractivity contribution in [1.29, 1.82) is 0 Å². The van der Waals surface area contributed by atoms with E-state index in [-0.39, 0.29) is 25.6 Å². The Hall–Kier alpha value is -3.65. The molecule has 2 aromatic rings. The van der Waals surface area contributed by atoms with Crippen LogP contribution in [0.25, 0.3) is 11.1 Å². The van der Waals surface area contributed by atoms with Gasteiger partial charge in [0.1, 0.15) is 6.61 Å². The fourth-order valence-corrected chi connectivity index (χ4v) is 3.63. The SMILES string of the molecule is COC(CNC(=O)/C(C)=C/CNC(=O)OCC1c2ccccc2-c2ccccc21)C(=O)O. The second kappa shape index (κ2) is 10.6. The van der Waals surface area contributed by atoms with Crippen LogP contribution in [-0.4, -0.2) is 56.0 Å². The molecule has 0 heterocycles. The summed E-state index contributed by atoms with van der Waals surface area (Å²) >= 11 is 0. The number of carbonyl (C=O) groups excluding carboxylic acids is 2. The van der Waals surface area contributed by atoms with Gasteiger partial charge in [-0.15, -0.1) is 0 Å². The third-order valence-electron chi connectivity index (χ3n) is 5.36. The number of amides is 2. The number of carbonyl (C=O) groups is 3. The van der Waals surface area contributed by atoms with Gasteiger partial charge in [-0.3, -0.25) is 4.79 Å². The van der Waals surface area contributed by atoms with Crippen LogP contribution in [0.2, 0.25) is 0 Å². The summed E-state index contributed by atoms with van der Waals surface area (Å²) in [6, 6.07) is 16.2. The van der Waals surface area contributed by atoms with Gasteiger partial charge in [-0.05, 0) is 29.2 Å². The van der Waals surface area contributed by atoms with E-state index in [9.17, 15) is 14.4 Å². The van der Waals surface area contributed by atoms with E-state index in [0.29, 0.717) is 5.57 Å². The molecule has 1 aliphatic rings. The molecule has 0 fully saturated rings. The number of ether oxygens (including phenoxy) is 2. The summed E-state index contributed by atoms with van der Waals surface area (Å²) in [5.74, 6) is -1.63. The van der Waals surface area contributed by atoms with Crippen LogP contribution < -0.4 is 10.6 Å². The Balaban J connectivity index is 1.49. The number of hydrogen-bond donors (Lipinski definition) is 3. The molecule has 1 atom stereocenters. The van der Waals surface area contributed by atoms with Crippen molar-refractivity contribution < 1.29 is 29.0 Å². The first-order chi connectivity index (χ1) is 15.4. The van der Waals surface area contributed by atoms with Gasteiger partial charge in [0, 0.05) is 25.1 Å². The van der Waals surface area contributed by atoms with E-state index in [2.05, 4.69) is 22.8 Å². The van der Waals surface area contributed by atoms with Crippen LogP contribution in [-0.2, 0) is 19.1 Å². The second-order valence-corrected chi connectivity index (χ2v) is 7.37. The molecule has 8 heteroatoms. The molecule has 0 radical (unpaired) electrons. The van der Waals surface area contributed by atoms with Crippen molar-refractivity contribution in [3.63, 3.8) is 0 Å². The van der Waals surface area contributed by atoms with Crippen molar-refractivity contribution in [2.24, 2.45) is 0 Å². The van der Waals surface area contributed by atoms with E-state index in [0.717, 1.165) is 22.3 Å². The maximum Gasteiger partial charge on any atom is 0.407 e. The minimum atomic E-state index is -1.16. The van der Waals surface area contributed by atoms with Crippen LogP contribution in [0.4, 0.5) is 4.79 Å². The van der Waals surface area contributed by atoms with Gasteiger partial charge in [0.15, 0.2) is 6.10 Å². The molecule has 0 aliphatic heterocycles. The second-order valence-electron chi connectivity index (χ2n) is 7.37. The Morgan fingerprint density at radius 3 is 2.19 bits per heavy atom. The largest absolute Gasteiger partial charge is 0.479 e. The van der Waals surface area contributed by atoms with E-state index in [4.69, 9.17) is 14.6 Å². The van der Waals surface area contributed by atoms with Gasteiger partial charge in [0.05, 0.1) is 6.54 Å². The van der Waals surface area contributed by atoms with E-state index in [1.54, 1.807) is 6.92 Å². The first-order valence-corrected chi connectivity index (χ1v) is 10.2. The Morgan fingerprint density at radius 1 is 1.03 bits per heavy atom. The molecular formula is C24H26N2O6. The summed E-state index contributed by atoms with van der Waals surface area (Å²) in [5, 5.41) is 14.0. The molecule has 2 amide bonds. The minimum Gasteiger partial charge on any atom is -0.479 e. The zero-order valence-electron chi connectivity index (χ0n) is 18.0. The van der Waals surface area contributed by atoms with Gasteiger partial charge in [-0.2, -0.15) is 0 Å². The summed E-state index contributed by atoms with van der Waals surface area (Å²) in [7, 11) is 1.26. The minimum absolute atomic E-state index is 0.0285. The highest BCUT2D eigenvalue weighted by atomic mass is 16.5. The average molecular weight is 438 g/mol. The number of hydrogen-bond acceptors (Lipinski definition) is 5. The summed E-state index contributed by atoms with van der Waals surface area (Å²) in [5.41, 5.74) is 4.90. The first kappa shape index (κ1) is 23.0. The summed E-state index contributed by atoms with van der Waals surface area (Å²) in [6.45, 7) is 1.71. The molecule has 3 rings (SSSR count). The fraction of sp³-hybridized carbons (Fsp3) is 0.292. The normalized spacial score (nSPS) is 13.6. The Bertz CT molecular complexity index is 987. The Labute approximate surface area is 186 Å². The average Bonchev–Trinajstić information content (AvgIpc) is 3.11. The molecule has 32 heavy (non-hydrogen) atoms. The van der Waals surface area contributed by atoms with Crippen LogP contribution in [0.5, 0.6) is 0 Å². The zero-order chi connectivity index (χ0) is 23.1. The number of fused-ring (bicyclic) bond motifs is 3. The molecular weight excluding hydrogens is 412 g/mol. The van der Waals surface area contributed by atoms with E-state index in [1.807, 2.05) is 36.4 Å². The van der Waals surface area contributed by atoms with Crippen molar-refractivity contribution in [1.82, 2.24) is 10.6 Å². The molecule has 0 spiro atoms. The predicted molar refractivity (Wildman–Crippen MR) is 118 cm³/mol. The lowest BCUT2D eigenvalue weighted by molar-refractivity contribution is -0.148. The quantitative estimate of drug-likeness (QED) is 0.519. The van der Waals surface area contributed by atoms with E-state index in [1.165, 1.54) is 13.2 Å². The number of nitrogens with one attached hydrogen (secondary N) is 2. The molecule has 3 N–H and O–H groups in total. The Kier molecular flexibility index (Phi) is 7.62. The van der Waals surface area contributed by atoms with Gasteiger partial charge in [0.2, 0.25) is 5.91 Å². The van der Waals surface area contributed by atoms with Crippen LogP contribution in [0.1, 0.15) is 24.0 Å². The van der Waals surface area contributed by atoms with Gasteiger partial charge in [-0.25, -0.2) is 9.59 Å². The molecule has 0 bridgehead atoms. The highest BCUT2D eigenvalue weighted by Crippen LogP contribution is 2.44. The zero-order valence-corrected chi connectivity index (χ0v) is 18.0. The molecule has 0 saturated heterocycles. The van der Waals surface area contributed by atoms with Crippen LogP contribution in [0.15, 0.2) is 60.2 Å². The summed E-state index contributed by atoms with van der Waals surface area (Å²) in [4.78, 5) is 35.1. The monoisotopic (exact) mass is 438 g/mol. The number of aliphatic carboxylic acids is 1. The molecule has 1 aliphatic carbocycles. The van der Waals surface area contributed by atoms with Crippen LogP contribution in [0, 0.1) is 0 Å². The maximum absolute atomic E-state index is 12.2. The third-order valence-corrected chi connectivity index (χ3v) is 5.36. The van der Waals surface area contributed by atoms with E-state index < -0.39 is 24.1 Å². The molecule has 0 saturated carbocycles. The van der Waals surface area contributed by atoms with Crippen molar-refractivity contribution in [2.45, 2.75) is 18.9 Å². The number of rotatable bonds is 9. The number of benzene rings is 2. The van der Waals surface area contributed by atoms with E-state index >= 15 is 0 Å². The molecule has 168 valence electrons.